The first-order valence-electron chi connectivity index (χ1n) is 8.29. The third kappa shape index (κ3) is 3.21. The van der Waals surface area contributed by atoms with E-state index in [1.165, 1.54) is 18.4 Å². The SMILES string of the molecule is O=C(NCCC1CC1)c1cncc(-c2ccc3c(c2)CCO3)c1. The van der Waals surface area contributed by atoms with Crippen molar-refractivity contribution in [2.45, 2.75) is 25.7 Å². The van der Waals surface area contributed by atoms with Gasteiger partial charge in [0.25, 0.3) is 5.91 Å². The molecule has 0 unspecified atom stereocenters. The zero-order valence-corrected chi connectivity index (χ0v) is 13.0. The maximum atomic E-state index is 12.2. The summed E-state index contributed by atoms with van der Waals surface area (Å²) < 4.78 is 5.54. The van der Waals surface area contributed by atoms with Crippen LogP contribution in [0.15, 0.2) is 36.7 Å². The fourth-order valence-corrected chi connectivity index (χ4v) is 2.99. The van der Waals surface area contributed by atoms with Crippen molar-refractivity contribution in [2.75, 3.05) is 13.2 Å². The van der Waals surface area contributed by atoms with Gasteiger partial charge in [0.2, 0.25) is 0 Å². The Labute approximate surface area is 135 Å². The number of nitrogens with zero attached hydrogens (tertiary/aromatic N) is 1. The molecular formula is C19H20N2O2. The molecule has 1 N–H and O–H groups in total. The average molecular weight is 308 g/mol. The van der Waals surface area contributed by atoms with E-state index in [4.69, 9.17) is 4.74 Å². The van der Waals surface area contributed by atoms with Gasteiger partial charge in [0.1, 0.15) is 5.75 Å². The third-order valence-corrected chi connectivity index (χ3v) is 4.56. The number of fused-ring (bicyclic) bond motifs is 1. The van der Waals surface area contributed by atoms with Gasteiger partial charge in [-0.05, 0) is 41.7 Å². The van der Waals surface area contributed by atoms with E-state index in [0.717, 1.165) is 48.8 Å². The molecule has 0 spiro atoms. The number of rotatable bonds is 5. The minimum Gasteiger partial charge on any atom is -0.493 e. The number of benzene rings is 1. The molecule has 4 rings (SSSR count). The predicted molar refractivity (Wildman–Crippen MR) is 88.5 cm³/mol. The summed E-state index contributed by atoms with van der Waals surface area (Å²) in [5, 5.41) is 2.99. The monoisotopic (exact) mass is 308 g/mol. The van der Waals surface area contributed by atoms with Crippen LogP contribution in [0.3, 0.4) is 0 Å². The van der Waals surface area contributed by atoms with Crippen LogP contribution in [0.4, 0.5) is 0 Å². The van der Waals surface area contributed by atoms with E-state index in [0.29, 0.717) is 5.56 Å². The first kappa shape index (κ1) is 14.2. The lowest BCUT2D eigenvalue weighted by molar-refractivity contribution is 0.0952. The van der Waals surface area contributed by atoms with Crippen molar-refractivity contribution in [2.24, 2.45) is 5.92 Å². The van der Waals surface area contributed by atoms with Gasteiger partial charge in [-0.2, -0.15) is 0 Å². The van der Waals surface area contributed by atoms with Gasteiger partial charge in [0.15, 0.2) is 0 Å². The Morgan fingerprint density at radius 3 is 3.00 bits per heavy atom. The summed E-state index contributed by atoms with van der Waals surface area (Å²) in [7, 11) is 0. The summed E-state index contributed by atoms with van der Waals surface area (Å²) in [6.07, 6.45) is 8.09. The van der Waals surface area contributed by atoms with Crippen molar-refractivity contribution in [1.29, 1.82) is 0 Å². The van der Waals surface area contributed by atoms with Crippen LogP contribution >= 0.6 is 0 Å². The second-order valence-electron chi connectivity index (χ2n) is 6.37. The molecule has 2 heterocycles. The van der Waals surface area contributed by atoms with Gasteiger partial charge in [0, 0.05) is 30.9 Å². The average Bonchev–Trinajstić information content (AvgIpc) is 3.29. The maximum Gasteiger partial charge on any atom is 0.252 e. The molecule has 118 valence electrons. The molecule has 1 amide bonds. The molecule has 0 radical (unpaired) electrons. The smallest absolute Gasteiger partial charge is 0.252 e. The van der Waals surface area contributed by atoms with Crippen molar-refractivity contribution in [3.05, 3.63) is 47.8 Å². The van der Waals surface area contributed by atoms with E-state index in [9.17, 15) is 4.79 Å². The number of amides is 1. The number of hydrogen-bond donors (Lipinski definition) is 1. The fourth-order valence-electron chi connectivity index (χ4n) is 2.99. The van der Waals surface area contributed by atoms with E-state index in [-0.39, 0.29) is 5.91 Å². The van der Waals surface area contributed by atoms with E-state index in [2.05, 4.69) is 16.4 Å². The van der Waals surface area contributed by atoms with Gasteiger partial charge in [-0.15, -0.1) is 0 Å². The van der Waals surface area contributed by atoms with Crippen molar-refractivity contribution in [3.8, 4) is 16.9 Å². The van der Waals surface area contributed by atoms with Crippen LogP contribution in [0.1, 0.15) is 35.2 Å². The normalized spacial score (nSPS) is 15.8. The number of carbonyl (C=O) groups is 1. The molecule has 1 aliphatic heterocycles. The second-order valence-corrected chi connectivity index (χ2v) is 6.37. The third-order valence-electron chi connectivity index (χ3n) is 4.56. The van der Waals surface area contributed by atoms with Crippen LogP contribution in [0.25, 0.3) is 11.1 Å². The molecular weight excluding hydrogens is 288 g/mol. The number of aromatic nitrogens is 1. The number of pyridine rings is 1. The highest BCUT2D eigenvalue weighted by Crippen LogP contribution is 2.32. The van der Waals surface area contributed by atoms with Gasteiger partial charge < -0.3 is 10.1 Å². The highest BCUT2D eigenvalue weighted by atomic mass is 16.5. The minimum absolute atomic E-state index is 0.0375. The van der Waals surface area contributed by atoms with E-state index in [1.807, 2.05) is 18.2 Å². The van der Waals surface area contributed by atoms with Crippen molar-refractivity contribution in [3.63, 3.8) is 0 Å². The number of carbonyl (C=O) groups excluding carboxylic acids is 1. The highest BCUT2D eigenvalue weighted by Gasteiger charge is 2.20. The lowest BCUT2D eigenvalue weighted by Gasteiger charge is -2.07. The Balaban J connectivity index is 1.50. The zero-order chi connectivity index (χ0) is 15.6. The molecule has 23 heavy (non-hydrogen) atoms. The van der Waals surface area contributed by atoms with Crippen LogP contribution in [-0.2, 0) is 6.42 Å². The Morgan fingerprint density at radius 1 is 1.22 bits per heavy atom. The lowest BCUT2D eigenvalue weighted by atomic mass is 10.0. The summed E-state index contributed by atoms with van der Waals surface area (Å²) in [5.41, 5.74) is 3.89. The summed E-state index contributed by atoms with van der Waals surface area (Å²) in [4.78, 5) is 16.5. The predicted octanol–water partition coefficient (Wildman–Crippen LogP) is 3.21. The van der Waals surface area contributed by atoms with E-state index < -0.39 is 0 Å². The Bertz CT molecular complexity index is 738. The molecule has 1 aromatic carbocycles. The highest BCUT2D eigenvalue weighted by molar-refractivity contribution is 5.95. The topological polar surface area (TPSA) is 51.2 Å². The van der Waals surface area contributed by atoms with Gasteiger partial charge in [-0.1, -0.05) is 18.9 Å². The molecule has 0 bridgehead atoms. The number of ether oxygens (including phenoxy) is 1. The molecule has 4 nitrogen and oxygen atoms in total. The standard InChI is InChI=1S/C19H20N2O2/c22-19(21-7-5-13-1-2-13)17-10-16(11-20-12-17)14-3-4-18-15(9-14)6-8-23-18/h3-4,9-13H,1-2,5-8H2,(H,21,22). The maximum absolute atomic E-state index is 12.2. The molecule has 0 saturated heterocycles. The summed E-state index contributed by atoms with van der Waals surface area (Å²) in [6, 6.07) is 8.07. The van der Waals surface area contributed by atoms with Crippen LogP contribution < -0.4 is 10.1 Å². The summed E-state index contributed by atoms with van der Waals surface area (Å²) in [5.74, 6) is 1.76. The molecule has 1 fully saturated rings. The van der Waals surface area contributed by atoms with Crippen molar-refractivity contribution < 1.29 is 9.53 Å². The van der Waals surface area contributed by atoms with Crippen LogP contribution in [-0.4, -0.2) is 24.0 Å². The van der Waals surface area contributed by atoms with Crippen LogP contribution in [0, 0.1) is 5.92 Å². The lowest BCUT2D eigenvalue weighted by Crippen LogP contribution is -2.24. The molecule has 1 aliphatic carbocycles. The molecule has 2 aliphatic rings. The first-order valence-corrected chi connectivity index (χ1v) is 8.29. The minimum atomic E-state index is -0.0375. The van der Waals surface area contributed by atoms with E-state index in [1.54, 1.807) is 12.4 Å². The van der Waals surface area contributed by atoms with Crippen LogP contribution in [0.5, 0.6) is 5.75 Å². The molecule has 0 atom stereocenters. The van der Waals surface area contributed by atoms with Crippen LogP contribution in [0.2, 0.25) is 0 Å². The van der Waals surface area contributed by atoms with Gasteiger partial charge in [-0.3, -0.25) is 9.78 Å². The largest absolute Gasteiger partial charge is 0.493 e. The molecule has 2 aromatic rings. The first-order chi connectivity index (χ1) is 11.3. The Hall–Kier alpha value is -2.36. The van der Waals surface area contributed by atoms with Gasteiger partial charge in [0.05, 0.1) is 12.2 Å². The van der Waals surface area contributed by atoms with E-state index >= 15 is 0 Å². The van der Waals surface area contributed by atoms with Crippen molar-refractivity contribution >= 4 is 5.91 Å². The Kier molecular flexibility index (Phi) is 3.74. The van der Waals surface area contributed by atoms with Gasteiger partial charge in [-0.25, -0.2) is 0 Å². The molecule has 4 heteroatoms. The number of nitrogens with one attached hydrogen (secondary N) is 1. The zero-order valence-electron chi connectivity index (χ0n) is 13.0. The quantitative estimate of drug-likeness (QED) is 0.922. The molecule has 1 aromatic heterocycles. The Morgan fingerprint density at radius 2 is 2.13 bits per heavy atom. The summed E-state index contributed by atoms with van der Waals surface area (Å²) >= 11 is 0. The summed E-state index contributed by atoms with van der Waals surface area (Å²) in [6.45, 7) is 1.50. The van der Waals surface area contributed by atoms with Gasteiger partial charge >= 0.3 is 0 Å². The van der Waals surface area contributed by atoms with Crippen molar-refractivity contribution in [1.82, 2.24) is 10.3 Å². The fraction of sp³-hybridized carbons (Fsp3) is 0.368. The second kappa shape index (κ2) is 6.03. The number of hydrogen-bond acceptors (Lipinski definition) is 3. The molecule has 1 saturated carbocycles.